The van der Waals surface area contributed by atoms with Gasteiger partial charge in [-0.1, -0.05) is 25.3 Å². The van der Waals surface area contributed by atoms with E-state index in [4.69, 9.17) is 9.72 Å². The molecule has 0 unspecified atom stereocenters. The minimum absolute atomic E-state index is 0.0445. The van der Waals surface area contributed by atoms with Crippen LogP contribution >= 0.6 is 11.3 Å². The molecule has 1 saturated heterocycles. The minimum atomic E-state index is -4.91. The number of amides is 1. The van der Waals surface area contributed by atoms with Crippen LogP contribution in [0.5, 0.6) is 0 Å². The fourth-order valence-corrected chi connectivity index (χ4v) is 8.95. The second-order valence-corrected chi connectivity index (χ2v) is 15.3. The molecule has 1 aliphatic heterocycles. The Morgan fingerprint density at radius 3 is 2.29 bits per heavy atom. The molecule has 41 heavy (non-hydrogen) atoms. The SMILES string of the molecule is CC(C)(C)NS(=O)(=O)c1ccc(-c2sc(C(=O)NC3CCOCC3)nc2C2(C3CCCCC3)CC2)cc1C(F)(F)F. The molecule has 226 valence electrons. The van der Waals surface area contributed by atoms with Gasteiger partial charge in [-0.15, -0.1) is 11.3 Å². The van der Waals surface area contributed by atoms with E-state index in [0.717, 1.165) is 62.0 Å². The lowest BCUT2D eigenvalue weighted by atomic mass is 9.75. The number of carbonyl (C=O) groups excluding carboxylic acids is 1. The zero-order chi connectivity index (χ0) is 29.6. The summed E-state index contributed by atoms with van der Waals surface area (Å²) in [5.41, 5.74) is -1.55. The molecule has 1 amide bonds. The second-order valence-electron chi connectivity index (χ2n) is 12.6. The van der Waals surface area contributed by atoms with Crippen LogP contribution in [-0.2, 0) is 26.4 Å². The molecule has 5 rings (SSSR count). The normalized spacial score (nSPS) is 20.6. The van der Waals surface area contributed by atoms with Crippen LogP contribution in [0.15, 0.2) is 23.1 Å². The van der Waals surface area contributed by atoms with Gasteiger partial charge in [0.15, 0.2) is 5.01 Å². The number of nitrogens with one attached hydrogen (secondary N) is 2. The predicted octanol–water partition coefficient (Wildman–Crippen LogP) is 6.43. The number of benzene rings is 1. The van der Waals surface area contributed by atoms with Crippen molar-refractivity contribution in [2.75, 3.05) is 13.2 Å². The summed E-state index contributed by atoms with van der Waals surface area (Å²) < 4.78 is 76.8. The molecule has 3 fully saturated rings. The zero-order valence-electron chi connectivity index (χ0n) is 23.7. The summed E-state index contributed by atoms with van der Waals surface area (Å²) in [6, 6.07) is 3.31. The van der Waals surface area contributed by atoms with Crippen molar-refractivity contribution >= 4 is 27.3 Å². The van der Waals surface area contributed by atoms with Gasteiger partial charge in [-0.05, 0) is 82.9 Å². The summed E-state index contributed by atoms with van der Waals surface area (Å²) in [5, 5.41) is 3.25. The van der Waals surface area contributed by atoms with Gasteiger partial charge in [0.25, 0.3) is 5.91 Å². The molecule has 2 saturated carbocycles. The lowest BCUT2D eigenvalue weighted by Crippen LogP contribution is -2.41. The molecule has 1 aromatic heterocycles. The average Bonchev–Trinajstić information content (AvgIpc) is 3.58. The summed E-state index contributed by atoms with van der Waals surface area (Å²) in [6.45, 7) is 5.84. The van der Waals surface area contributed by atoms with Crippen molar-refractivity contribution in [3.8, 4) is 10.4 Å². The smallest absolute Gasteiger partial charge is 0.381 e. The first kappa shape index (κ1) is 30.4. The molecule has 7 nitrogen and oxygen atoms in total. The van der Waals surface area contributed by atoms with E-state index in [9.17, 15) is 26.4 Å². The van der Waals surface area contributed by atoms with E-state index < -0.39 is 32.2 Å². The monoisotopic (exact) mass is 613 g/mol. The summed E-state index contributed by atoms with van der Waals surface area (Å²) >= 11 is 1.10. The topological polar surface area (TPSA) is 97.4 Å². The number of hydrogen-bond acceptors (Lipinski definition) is 6. The van der Waals surface area contributed by atoms with Gasteiger partial charge >= 0.3 is 6.18 Å². The lowest BCUT2D eigenvalue weighted by Gasteiger charge is -2.30. The molecule has 2 heterocycles. The fraction of sp³-hybridized carbons (Fsp3) is 0.655. The Kier molecular flexibility index (Phi) is 8.34. The quantitative estimate of drug-likeness (QED) is 0.375. The lowest BCUT2D eigenvalue weighted by molar-refractivity contribution is -0.139. The Morgan fingerprint density at radius 2 is 1.71 bits per heavy atom. The Hall–Kier alpha value is -2.02. The average molecular weight is 614 g/mol. The first-order chi connectivity index (χ1) is 19.2. The molecule has 1 aromatic carbocycles. The molecule has 12 heteroatoms. The first-order valence-electron chi connectivity index (χ1n) is 14.4. The number of nitrogens with zero attached hydrogens (tertiary/aromatic N) is 1. The third-order valence-corrected chi connectivity index (χ3v) is 11.2. The highest BCUT2D eigenvalue weighted by atomic mass is 32.2. The van der Waals surface area contributed by atoms with Crippen LogP contribution in [0.1, 0.15) is 99.6 Å². The number of alkyl halides is 3. The number of ether oxygens (including phenoxy) is 1. The van der Waals surface area contributed by atoms with Crippen molar-refractivity contribution in [3.05, 3.63) is 34.5 Å². The maximum atomic E-state index is 14.4. The number of hydrogen-bond donors (Lipinski definition) is 2. The maximum Gasteiger partial charge on any atom is 0.417 e. The summed E-state index contributed by atoms with van der Waals surface area (Å²) in [4.78, 5) is 17.8. The van der Waals surface area contributed by atoms with Gasteiger partial charge < -0.3 is 10.1 Å². The van der Waals surface area contributed by atoms with E-state index in [1.165, 1.54) is 12.5 Å². The second kappa shape index (κ2) is 11.2. The highest BCUT2D eigenvalue weighted by molar-refractivity contribution is 7.89. The molecule has 0 atom stereocenters. The van der Waals surface area contributed by atoms with Crippen LogP contribution in [0.2, 0.25) is 0 Å². The van der Waals surface area contributed by atoms with Crippen molar-refractivity contribution in [3.63, 3.8) is 0 Å². The van der Waals surface area contributed by atoms with Gasteiger partial charge in [0.05, 0.1) is 21.0 Å². The molecule has 0 bridgehead atoms. The molecule has 0 spiro atoms. The third kappa shape index (κ3) is 6.65. The van der Waals surface area contributed by atoms with Gasteiger partial charge in [-0.3, -0.25) is 4.79 Å². The van der Waals surface area contributed by atoms with E-state index in [1.807, 2.05) is 0 Å². The van der Waals surface area contributed by atoms with E-state index in [2.05, 4.69) is 10.0 Å². The highest BCUT2D eigenvalue weighted by Gasteiger charge is 2.53. The molecule has 2 aliphatic carbocycles. The van der Waals surface area contributed by atoms with Gasteiger partial charge in [0, 0.05) is 30.2 Å². The van der Waals surface area contributed by atoms with Crippen molar-refractivity contribution in [2.45, 2.75) is 107 Å². The summed E-state index contributed by atoms with van der Waals surface area (Å²) in [7, 11) is -4.46. The Labute approximate surface area is 243 Å². The fourth-order valence-electron chi connectivity index (χ4n) is 6.25. The highest BCUT2D eigenvalue weighted by Crippen LogP contribution is 2.60. The van der Waals surface area contributed by atoms with Gasteiger partial charge in [0.1, 0.15) is 0 Å². The van der Waals surface area contributed by atoms with E-state index in [0.29, 0.717) is 42.5 Å². The largest absolute Gasteiger partial charge is 0.417 e. The van der Waals surface area contributed by atoms with E-state index in [-0.39, 0.29) is 27.9 Å². The van der Waals surface area contributed by atoms with Crippen LogP contribution in [0.25, 0.3) is 10.4 Å². The van der Waals surface area contributed by atoms with E-state index >= 15 is 0 Å². The number of aromatic nitrogens is 1. The Balaban J connectivity index is 1.59. The van der Waals surface area contributed by atoms with Gasteiger partial charge in [-0.25, -0.2) is 18.1 Å². The zero-order valence-corrected chi connectivity index (χ0v) is 25.3. The van der Waals surface area contributed by atoms with Gasteiger partial charge in [0.2, 0.25) is 10.0 Å². The van der Waals surface area contributed by atoms with Crippen LogP contribution in [0, 0.1) is 5.92 Å². The van der Waals surface area contributed by atoms with Crippen molar-refractivity contribution in [1.29, 1.82) is 0 Å². The maximum absolute atomic E-state index is 14.4. The Bertz CT molecular complexity index is 1380. The number of halogens is 3. The van der Waals surface area contributed by atoms with Crippen LogP contribution in [0.3, 0.4) is 0 Å². The molecule has 2 aromatic rings. The van der Waals surface area contributed by atoms with Crippen molar-refractivity contribution in [2.24, 2.45) is 5.92 Å². The van der Waals surface area contributed by atoms with Crippen LogP contribution in [0.4, 0.5) is 13.2 Å². The van der Waals surface area contributed by atoms with E-state index in [1.54, 1.807) is 20.8 Å². The third-order valence-electron chi connectivity index (χ3n) is 8.30. The minimum Gasteiger partial charge on any atom is -0.381 e. The van der Waals surface area contributed by atoms with Crippen molar-refractivity contribution < 1.29 is 31.1 Å². The Morgan fingerprint density at radius 1 is 1.05 bits per heavy atom. The van der Waals surface area contributed by atoms with Crippen LogP contribution < -0.4 is 10.0 Å². The molecule has 2 N–H and O–H groups in total. The molecule has 3 aliphatic rings. The number of rotatable bonds is 7. The standard InChI is InChI=1S/C29H38F3N3O4S2/c1-27(2,3)35-41(37,38)22-10-9-18(17-21(22)29(30,31)32)23-24(28(13-14-28)19-7-5-4-6-8-19)34-26(40-23)25(36)33-20-11-15-39-16-12-20/h9-10,17,19-20,35H,4-8,11-16H2,1-3H3,(H,33,36). The van der Waals surface area contributed by atoms with Crippen LogP contribution in [-0.4, -0.2) is 44.1 Å². The molecule has 0 radical (unpaired) electrons. The van der Waals surface area contributed by atoms with Gasteiger partial charge in [-0.2, -0.15) is 13.2 Å². The summed E-state index contributed by atoms with van der Waals surface area (Å²) in [6.07, 6.45) is 3.67. The number of carbonyl (C=O) groups is 1. The van der Waals surface area contributed by atoms with Crippen molar-refractivity contribution in [1.82, 2.24) is 15.0 Å². The first-order valence-corrected chi connectivity index (χ1v) is 16.7. The molecular weight excluding hydrogens is 575 g/mol. The summed E-state index contributed by atoms with van der Waals surface area (Å²) in [5.74, 6) is 0.0275. The number of sulfonamides is 1. The number of thiazole rings is 1. The molecular formula is C29H38F3N3O4S2. The predicted molar refractivity (Wildman–Crippen MR) is 151 cm³/mol.